The van der Waals surface area contributed by atoms with E-state index in [0.717, 1.165) is 22.2 Å². The van der Waals surface area contributed by atoms with Gasteiger partial charge in [-0.15, -0.1) is 0 Å². The number of para-hydroxylation sites is 1. The van der Waals surface area contributed by atoms with E-state index in [1.54, 1.807) is 11.4 Å². The second-order valence-electron chi connectivity index (χ2n) is 4.80. The van der Waals surface area contributed by atoms with E-state index in [1.165, 1.54) is 0 Å². The van der Waals surface area contributed by atoms with Crippen molar-refractivity contribution in [2.45, 2.75) is 19.9 Å². The Hall–Kier alpha value is -2.63. The van der Waals surface area contributed by atoms with Gasteiger partial charge in [0.1, 0.15) is 11.9 Å². The predicted molar refractivity (Wildman–Crippen MR) is 77.5 cm³/mol. The largest absolute Gasteiger partial charge is 0.368 e. The molecule has 3 rings (SSSR count). The van der Waals surface area contributed by atoms with Crippen LogP contribution >= 0.6 is 0 Å². The summed E-state index contributed by atoms with van der Waals surface area (Å²) in [5, 5.41) is 8.39. The van der Waals surface area contributed by atoms with Crippen LogP contribution < -0.4 is 11.1 Å². The number of rotatable bonds is 3. The first kappa shape index (κ1) is 12.4. The summed E-state index contributed by atoms with van der Waals surface area (Å²) in [5.41, 5.74) is 7.86. The number of aromatic nitrogens is 3. The number of aryl methyl sites for hydroxylation is 1. The van der Waals surface area contributed by atoms with Crippen LogP contribution in [0.3, 0.4) is 0 Å². The van der Waals surface area contributed by atoms with Gasteiger partial charge < -0.3 is 11.1 Å². The Morgan fingerprint density at radius 3 is 2.90 bits per heavy atom. The summed E-state index contributed by atoms with van der Waals surface area (Å²) in [4.78, 5) is 15.7. The van der Waals surface area contributed by atoms with E-state index in [-0.39, 0.29) is 0 Å². The summed E-state index contributed by atoms with van der Waals surface area (Å²) in [7, 11) is 0. The second kappa shape index (κ2) is 4.48. The van der Waals surface area contributed by atoms with Crippen molar-refractivity contribution in [1.82, 2.24) is 14.6 Å². The number of nitrogens with zero attached hydrogens (tertiary/aromatic N) is 3. The Labute approximate surface area is 115 Å². The van der Waals surface area contributed by atoms with Gasteiger partial charge in [-0.05, 0) is 26.0 Å². The molecule has 1 atom stereocenters. The number of carbonyl (C=O) groups is 1. The Kier molecular flexibility index (Phi) is 2.78. The van der Waals surface area contributed by atoms with Crippen molar-refractivity contribution in [3.8, 4) is 0 Å². The fourth-order valence-corrected chi connectivity index (χ4v) is 2.16. The van der Waals surface area contributed by atoms with Gasteiger partial charge in [-0.2, -0.15) is 5.10 Å². The van der Waals surface area contributed by atoms with Crippen LogP contribution in [0.15, 0.2) is 30.3 Å². The molecule has 3 N–H and O–H groups in total. The third kappa shape index (κ3) is 1.95. The van der Waals surface area contributed by atoms with Crippen molar-refractivity contribution in [2.24, 2.45) is 5.73 Å². The Morgan fingerprint density at radius 2 is 2.15 bits per heavy atom. The standard InChI is InChI=1S/C14H15N5O/c1-8-7-12-17-14(16-9(2)13(15)20)10-5-3-4-6-11(10)19(12)18-8/h3-7,9H,1-2H3,(H2,15,20)(H,16,17)/t9-/m1/s1. The number of anilines is 1. The molecule has 20 heavy (non-hydrogen) atoms. The SMILES string of the molecule is Cc1cc2nc(N[C@H](C)C(N)=O)c3ccccc3n2n1. The maximum absolute atomic E-state index is 11.2. The summed E-state index contributed by atoms with van der Waals surface area (Å²) in [6, 6.07) is 9.18. The molecular formula is C14H15N5O. The number of carbonyl (C=O) groups excluding carboxylic acids is 1. The lowest BCUT2D eigenvalue weighted by Crippen LogP contribution is -2.32. The molecule has 1 aromatic carbocycles. The van der Waals surface area contributed by atoms with Gasteiger partial charge in [-0.25, -0.2) is 9.50 Å². The number of nitrogens with two attached hydrogens (primary N) is 1. The van der Waals surface area contributed by atoms with Gasteiger partial charge in [0.25, 0.3) is 0 Å². The predicted octanol–water partition coefficient (Wildman–Crippen LogP) is 1.48. The zero-order valence-corrected chi connectivity index (χ0v) is 11.3. The fourth-order valence-electron chi connectivity index (χ4n) is 2.16. The number of primary amides is 1. The monoisotopic (exact) mass is 269 g/mol. The van der Waals surface area contributed by atoms with Gasteiger partial charge in [-0.1, -0.05) is 12.1 Å². The molecule has 0 radical (unpaired) electrons. The lowest BCUT2D eigenvalue weighted by molar-refractivity contribution is -0.118. The van der Waals surface area contributed by atoms with Crippen molar-refractivity contribution in [2.75, 3.05) is 5.32 Å². The number of hydrogen-bond donors (Lipinski definition) is 2. The molecule has 3 aromatic rings. The smallest absolute Gasteiger partial charge is 0.239 e. The van der Waals surface area contributed by atoms with Crippen LogP contribution in [-0.2, 0) is 4.79 Å². The van der Waals surface area contributed by atoms with Crippen LogP contribution in [0.25, 0.3) is 16.6 Å². The fraction of sp³-hybridized carbons (Fsp3) is 0.214. The maximum atomic E-state index is 11.2. The van der Waals surface area contributed by atoms with Crippen LogP contribution in [0, 0.1) is 6.92 Å². The van der Waals surface area contributed by atoms with E-state index in [1.807, 2.05) is 37.3 Å². The molecule has 102 valence electrons. The van der Waals surface area contributed by atoms with E-state index in [2.05, 4.69) is 15.4 Å². The number of hydrogen-bond acceptors (Lipinski definition) is 4. The second-order valence-corrected chi connectivity index (χ2v) is 4.80. The Balaban J connectivity index is 2.25. The van der Waals surface area contributed by atoms with E-state index < -0.39 is 11.9 Å². The van der Waals surface area contributed by atoms with E-state index in [9.17, 15) is 4.79 Å². The van der Waals surface area contributed by atoms with E-state index in [0.29, 0.717) is 5.82 Å². The van der Waals surface area contributed by atoms with Gasteiger partial charge in [0.2, 0.25) is 5.91 Å². The molecule has 0 saturated heterocycles. The number of fused-ring (bicyclic) bond motifs is 3. The quantitative estimate of drug-likeness (QED) is 0.754. The molecule has 6 heteroatoms. The summed E-state index contributed by atoms with van der Waals surface area (Å²) >= 11 is 0. The first-order chi connectivity index (χ1) is 9.56. The summed E-state index contributed by atoms with van der Waals surface area (Å²) in [6.07, 6.45) is 0. The molecule has 0 unspecified atom stereocenters. The molecule has 0 aliphatic rings. The highest BCUT2D eigenvalue weighted by Gasteiger charge is 2.14. The molecule has 0 aliphatic carbocycles. The van der Waals surface area contributed by atoms with Crippen molar-refractivity contribution in [1.29, 1.82) is 0 Å². The first-order valence-corrected chi connectivity index (χ1v) is 6.37. The number of benzene rings is 1. The van der Waals surface area contributed by atoms with Crippen LogP contribution in [0.5, 0.6) is 0 Å². The van der Waals surface area contributed by atoms with Crippen LogP contribution in [0.1, 0.15) is 12.6 Å². The lowest BCUT2D eigenvalue weighted by atomic mass is 10.2. The van der Waals surface area contributed by atoms with Crippen molar-refractivity contribution < 1.29 is 4.79 Å². The summed E-state index contributed by atoms with van der Waals surface area (Å²) in [6.45, 7) is 3.63. The van der Waals surface area contributed by atoms with Gasteiger partial charge in [-0.3, -0.25) is 4.79 Å². The zero-order chi connectivity index (χ0) is 14.3. The lowest BCUT2D eigenvalue weighted by Gasteiger charge is -2.13. The third-order valence-electron chi connectivity index (χ3n) is 3.21. The minimum absolute atomic E-state index is 0.416. The molecule has 2 aromatic heterocycles. The maximum Gasteiger partial charge on any atom is 0.239 e. The molecule has 0 saturated carbocycles. The minimum atomic E-state index is -0.489. The normalized spacial score (nSPS) is 12.7. The average Bonchev–Trinajstić information content (AvgIpc) is 2.79. The van der Waals surface area contributed by atoms with Gasteiger partial charge in [0, 0.05) is 11.5 Å². The molecule has 1 amide bonds. The third-order valence-corrected chi connectivity index (χ3v) is 3.21. The van der Waals surface area contributed by atoms with Crippen molar-refractivity contribution in [3.63, 3.8) is 0 Å². The highest BCUT2D eigenvalue weighted by Crippen LogP contribution is 2.23. The molecular weight excluding hydrogens is 254 g/mol. The zero-order valence-electron chi connectivity index (χ0n) is 11.3. The van der Waals surface area contributed by atoms with Gasteiger partial charge in [0.05, 0.1) is 11.2 Å². The number of amides is 1. The van der Waals surface area contributed by atoms with Crippen LogP contribution in [0.4, 0.5) is 5.82 Å². The Bertz CT molecular complexity index is 808. The Morgan fingerprint density at radius 1 is 1.40 bits per heavy atom. The molecule has 0 fully saturated rings. The highest BCUT2D eigenvalue weighted by atomic mass is 16.1. The number of nitrogens with one attached hydrogen (secondary N) is 1. The van der Waals surface area contributed by atoms with Gasteiger partial charge in [0.15, 0.2) is 5.65 Å². The van der Waals surface area contributed by atoms with Crippen molar-refractivity contribution in [3.05, 3.63) is 36.0 Å². The van der Waals surface area contributed by atoms with Gasteiger partial charge >= 0.3 is 0 Å². The van der Waals surface area contributed by atoms with E-state index >= 15 is 0 Å². The summed E-state index contributed by atoms with van der Waals surface area (Å²) in [5.74, 6) is 0.222. The average molecular weight is 269 g/mol. The van der Waals surface area contributed by atoms with Crippen molar-refractivity contribution >= 4 is 28.3 Å². The summed E-state index contributed by atoms with van der Waals surface area (Å²) < 4.78 is 1.80. The molecule has 0 spiro atoms. The molecule has 2 heterocycles. The van der Waals surface area contributed by atoms with Crippen LogP contribution in [-0.4, -0.2) is 26.5 Å². The first-order valence-electron chi connectivity index (χ1n) is 6.37. The highest BCUT2D eigenvalue weighted by molar-refractivity contribution is 5.93. The molecule has 6 nitrogen and oxygen atoms in total. The molecule has 0 bridgehead atoms. The minimum Gasteiger partial charge on any atom is -0.368 e. The van der Waals surface area contributed by atoms with E-state index in [4.69, 9.17) is 5.73 Å². The topological polar surface area (TPSA) is 85.3 Å². The van der Waals surface area contributed by atoms with Crippen LogP contribution in [0.2, 0.25) is 0 Å². The molecule has 0 aliphatic heterocycles.